The molecule has 1 aromatic heterocycles. The standard InChI is InChI=1S/C16H23NO2S/c1-3-4-5-6-9-16(19)17(2)12-14-11-15(20-13-14)8-7-10-18/h11,13,18H,3-6,9-10,12H2,1-2H3. The molecule has 0 unspecified atom stereocenters. The first kappa shape index (κ1) is 16.7. The number of aliphatic hydroxyl groups is 1. The number of carbonyl (C=O) groups is 1. The maximum atomic E-state index is 12.0. The van der Waals surface area contributed by atoms with Gasteiger partial charge in [0.25, 0.3) is 0 Å². The number of carbonyl (C=O) groups excluding carboxylic acids is 1. The van der Waals surface area contributed by atoms with E-state index in [4.69, 9.17) is 5.11 Å². The highest BCUT2D eigenvalue weighted by Crippen LogP contribution is 2.15. The highest BCUT2D eigenvalue weighted by atomic mass is 32.1. The quantitative estimate of drug-likeness (QED) is 0.620. The van der Waals surface area contributed by atoms with Gasteiger partial charge < -0.3 is 10.0 Å². The van der Waals surface area contributed by atoms with Crippen molar-refractivity contribution in [3.63, 3.8) is 0 Å². The van der Waals surface area contributed by atoms with Gasteiger partial charge in [0.05, 0.1) is 4.88 Å². The largest absolute Gasteiger partial charge is 0.384 e. The number of hydrogen-bond acceptors (Lipinski definition) is 3. The topological polar surface area (TPSA) is 40.5 Å². The van der Waals surface area contributed by atoms with Crippen LogP contribution in [0.25, 0.3) is 0 Å². The summed E-state index contributed by atoms with van der Waals surface area (Å²) in [5.74, 6) is 5.71. The monoisotopic (exact) mass is 293 g/mol. The number of aliphatic hydroxyl groups excluding tert-OH is 1. The first-order chi connectivity index (χ1) is 9.67. The fourth-order valence-electron chi connectivity index (χ4n) is 1.91. The minimum absolute atomic E-state index is 0.122. The Kier molecular flexibility index (Phi) is 8.01. The van der Waals surface area contributed by atoms with Crippen LogP contribution in [-0.4, -0.2) is 29.6 Å². The van der Waals surface area contributed by atoms with E-state index < -0.39 is 0 Å². The van der Waals surface area contributed by atoms with Gasteiger partial charge in [-0.05, 0) is 23.4 Å². The van der Waals surface area contributed by atoms with Crippen LogP contribution in [0.2, 0.25) is 0 Å². The molecule has 1 heterocycles. The first-order valence-corrected chi connectivity index (χ1v) is 7.96. The zero-order valence-corrected chi connectivity index (χ0v) is 13.1. The molecule has 0 aliphatic rings. The Balaban J connectivity index is 2.39. The zero-order valence-electron chi connectivity index (χ0n) is 12.3. The predicted molar refractivity (Wildman–Crippen MR) is 83.5 cm³/mol. The summed E-state index contributed by atoms with van der Waals surface area (Å²) in [4.78, 5) is 14.7. The molecule has 0 fully saturated rings. The molecule has 0 aliphatic carbocycles. The number of rotatable bonds is 7. The van der Waals surface area contributed by atoms with E-state index in [0.717, 1.165) is 23.3 Å². The molecule has 20 heavy (non-hydrogen) atoms. The van der Waals surface area contributed by atoms with E-state index in [1.807, 2.05) is 18.5 Å². The van der Waals surface area contributed by atoms with Crippen LogP contribution in [0.3, 0.4) is 0 Å². The second kappa shape index (κ2) is 9.57. The first-order valence-electron chi connectivity index (χ1n) is 7.08. The van der Waals surface area contributed by atoms with Crippen molar-refractivity contribution in [2.45, 2.75) is 45.6 Å². The lowest BCUT2D eigenvalue weighted by Gasteiger charge is -2.16. The third kappa shape index (κ3) is 6.23. The normalized spacial score (nSPS) is 9.95. The fraction of sp³-hybridized carbons (Fsp3) is 0.562. The van der Waals surface area contributed by atoms with E-state index in [0.29, 0.717) is 13.0 Å². The molecule has 3 nitrogen and oxygen atoms in total. The molecular weight excluding hydrogens is 270 g/mol. The Morgan fingerprint density at radius 2 is 2.20 bits per heavy atom. The van der Waals surface area contributed by atoms with Crippen molar-refractivity contribution in [3.8, 4) is 11.8 Å². The van der Waals surface area contributed by atoms with Crippen LogP contribution < -0.4 is 0 Å². The van der Waals surface area contributed by atoms with Gasteiger partial charge in [0.1, 0.15) is 6.61 Å². The highest BCUT2D eigenvalue weighted by molar-refractivity contribution is 7.10. The van der Waals surface area contributed by atoms with E-state index >= 15 is 0 Å². The second-order valence-electron chi connectivity index (χ2n) is 4.84. The Hall–Kier alpha value is -1.31. The second-order valence-corrected chi connectivity index (χ2v) is 5.75. The SMILES string of the molecule is CCCCCCC(=O)N(C)Cc1csc(C#CCO)c1. The Morgan fingerprint density at radius 1 is 1.40 bits per heavy atom. The van der Waals surface area contributed by atoms with Crippen molar-refractivity contribution >= 4 is 17.2 Å². The molecule has 110 valence electrons. The molecule has 0 spiro atoms. The summed E-state index contributed by atoms with van der Waals surface area (Å²) in [6.45, 7) is 2.68. The molecule has 0 saturated heterocycles. The average molecular weight is 293 g/mol. The van der Waals surface area contributed by atoms with Gasteiger partial charge in [-0.3, -0.25) is 4.79 Å². The minimum atomic E-state index is -0.122. The van der Waals surface area contributed by atoms with E-state index in [1.165, 1.54) is 12.8 Å². The zero-order chi connectivity index (χ0) is 14.8. The number of hydrogen-bond donors (Lipinski definition) is 1. The van der Waals surface area contributed by atoms with Crippen molar-refractivity contribution in [2.75, 3.05) is 13.7 Å². The summed E-state index contributed by atoms with van der Waals surface area (Å²) in [6.07, 6.45) is 5.14. The van der Waals surface area contributed by atoms with Crippen molar-refractivity contribution in [1.82, 2.24) is 4.90 Å². The molecule has 1 rings (SSSR count). The van der Waals surface area contributed by atoms with Gasteiger partial charge in [0.15, 0.2) is 0 Å². The minimum Gasteiger partial charge on any atom is -0.384 e. The van der Waals surface area contributed by atoms with Gasteiger partial charge in [0.2, 0.25) is 5.91 Å². The van der Waals surface area contributed by atoms with Crippen LogP contribution in [0.4, 0.5) is 0 Å². The molecular formula is C16H23NO2S. The lowest BCUT2D eigenvalue weighted by atomic mass is 10.1. The van der Waals surface area contributed by atoms with Gasteiger partial charge in [0, 0.05) is 20.0 Å². The van der Waals surface area contributed by atoms with E-state index in [-0.39, 0.29) is 12.5 Å². The molecule has 0 aromatic carbocycles. The molecule has 0 saturated carbocycles. The Morgan fingerprint density at radius 3 is 2.90 bits per heavy atom. The summed E-state index contributed by atoms with van der Waals surface area (Å²) in [5, 5.41) is 10.7. The lowest BCUT2D eigenvalue weighted by Crippen LogP contribution is -2.25. The summed E-state index contributed by atoms with van der Waals surface area (Å²) in [6, 6.07) is 1.98. The number of thiophene rings is 1. The smallest absolute Gasteiger partial charge is 0.222 e. The average Bonchev–Trinajstić information content (AvgIpc) is 2.88. The molecule has 0 atom stereocenters. The maximum Gasteiger partial charge on any atom is 0.222 e. The van der Waals surface area contributed by atoms with Gasteiger partial charge >= 0.3 is 0 Å². The van der Waals surface area contributed by atoms with Crippen LogP contribution in [-0.2, 0) is 11.3 Å². The van der Waals surface area contributed by atoms with Gasteiger partial charge in [-0.2, -0.15) is 0 Å². The number of unbranched alkanes of at least 4 members (excludes halogenated alkanes) is 3. The fourth-order valence-corrected chi connectivity index (χ4v) is 2.68. The summed E-state index contributed by atoms with van der Waals surface area (Å²) >= 11 is 1.54. The highest BCUT2D eigenvalue weighted by Gasteiger charge is 2.09. The number of amides is 1. The summed E-state index contributed by atoms with van der Waals surface area (Å²) in [7, 11) is 1.85. The van der Waals surface area contributed by atoms with E-state index in [9.17, 15) is 4.79 Å². The van der Waals surface area contributed by atoms with Gasteiger partial charge in [-0.25, -0.2) is 0 Å². The summed E-state index contributed by atoms with van der Waals surface area (Å²) in [5.41, 5.74) is 1.10. The molecule has 0 radical (unpaired) electrons. The predicted octanol–water partition coefficient (Wildman–Crippen LogP) is 3.02. The third-order valence-corrected chi connectivity index (χ3v) is 3.93. The number of nitrogens with zero attached hydrogens (tertiary/aromatic N) is 1. The van der Waals surface area contributed by atoms with Crippen LogP contribution >= 0.6 is 11.3 Å². The van der Waals surface area contributed by atoms with E-state index in [1.54, 1.807) is 16.2 Å². The van der Waals surface area contributed by atoms with Crippen molar-refractivity contribution in [2.24, 2.45) is 0 Å². The van der Waals surface area contributed by atoms with Gasteiger partial charge in [-0.15, -0.1) is 11.3 Å². The third-order valence-electron chi connectivity index (χ3n) is 3.03. The van der Waals surface area contributed by atoms with Crippen LogP contribution in [0, 0.1) is 11.8 Å². The maximum absolute atomic E-state index is 12.0. The van der Waals surface area contributed by atoms with E-state index in [2.05, 4.69) is 18.8 Å². The Labute approximate surface area is 125 Å². The molecule has 0 bridgehead atoms. The van der Waals surface area contributed by atoms with Crippen molar-refractivity contribution < 1.29 is 9.90 Å². The van der Waals surface area contributed by atoms with Crippen molar-refractivity contribution in [3.05, 3.63) is 21.9 Å². The molecule has 4 heteroatoms. The van der Waals surface area contributed by atoms with Crippen molar-refractivity contribution in [1.29, 1.82) is 0 Å². The van der Waals surface area contributed by atoms with Crippen LogP contribution in [0.5, 0.6) is 0 Å². The molecule has 0 aliphatic heterocycles. The molecule has 1 aromatic rings. The summed E-state index contributed by atoms with van der Waals surface area (Å²) < 4.78 is 0. The molecule has 1 amide bonds. The Bertz CT molecular complexity index is 470. The molecule has 1 N–H and O–H groups in total. The lowest BCUT2D eigenvalue weighted by molar-refractivity contribution is -0.130. The van der Waals surface area contributed by atoms with Crippen LogP contribution in [0.1, 0.15) is 49.5 Å². The van der Waals surface area contributed by atoms with Crippen LogP contribution in [0.15, 0.2) is 11.4 Å². The van der Waals surface area contributed by atoms with Gasteiger partial charge in [-0.1, -0.05) is 38.0 Å².